The molecule has 0 spiro atoms. The van der Waals surface area contributed by atoms with E-state index in [0.717, 1.165) is 27.1 Å². The van der Waals surface area contributed by atoms with Crippen molar-refractivity contribution in [1.29, 1.82) is 0 Å². The molecule has 1 amide bonds. The van der Waals surface area contributed by atoms with E-state index in [1.165, 1.54) is 0 Å². The van der Waals surface area contributed by atoms with Crippen LogP contribution in [-0.4, -0.2) is 19.6 Å². The maximum absolute atomic E-state index is 12.4. The third-order valence-corrected chi connectivity index (χ3v) is 4.73. The number of carbonyl (C=O) groups excluding carboxylic acids is 1. The number of methoxy groups -OCH3 is 1. The number of nitrogens with one attached hydrogen (secondary N) is 1. The molecule has 4 nitrogen and oxygen atoms in total. The van der Waals surface area contributed by atoms with Crippen LogP contribution < -0.4 is 14.8 Å². The first-order valence-electron chi connectivity index (χ1n) is 7.48. The molecule has 1 N–H and O–H groups in total. The number of fused-ring (bicyclic) bond motifs is 1. The van der Waals surface area contributed by atoms with E-state index in [-0.39, 0.29) is 11.8 Å². The minimum atomic E-state index is -0.183. The summed E-state index contributed by atoms with van der Waals surface area (Å²) >= 11 is 3.49. The summed E-state index contributed by atoms with van der Waals surface area (Å²) in [4.78, 5) is 12.4. The molecule has 120 valence electrons. The second-order valence-corrected chi connectivity index (χ2v) is 6.35. The number of rotatable bonds is 4. The lowest BCUT2D eigenvalue weighted by Gasteiger charge is -2.25. The Morgan fingerprint density at radius 3 is 2.96 bits per heavy atom. The predicted molar refractivity (Wildman–Crippen MR) is 91.7 cm³/mol. The van der Waals surface area contributed by atoms with Gasteiger partial charge in [-0.1, -0.05) is 34.1 Å². The first-order valence-corrected chi connectivity index (χ1v) is 8.27. The zero-order chi connectivity index (χ0) is 16.2. The highest BCUT2D eigenvalue weighted by Gasteiger charge is 2.26. The van der Waals surface area contributed by atoms with Crippen molar-refractivity contribution in [2.75, 3.05) is 13.7 Å². The van der Waals surface area contributed by atoms with Crippen LogP contribution in [0.4, 0.5) is 0 Å². The zero-order valence-electron chi connectivity index (χ0n) is 12.8. The molecule has 0 aromatic heterocycles. The molecule has 0 fully saturated rings. The van der Waals surface area contributed by atoms with E-state index in [0.29, 0.717) is 19.6 Å². The maximum Gasteiger partial charge on any atom is 0.227 e. The summed E-state index contributed by atoms with van der Waals surface area (Å²) in [6.45, 7) is 0.906. The summed E-state index contributed by atoms with van der Waals surface area (Å²) in [6, 6.07) is 13.6. The fraction of sp³-hybridized carbons (Fsp3) is 0.278. The van der Waals surface area contributed by atoms with E-state index in [2.05, 4.69) is 21.2 Å². The van der Waals surface area contributed by atoms with Crippen molar-refractivity contribution >= 4 is 21.8 Å². The Morgan fingerprint density at radius 2 is 2.17 bits per heavy atom. The van der Waals surface area contributed by atoms with E-state index in [1.54, 1.807) is 7.11 Å². The fourth-order valence-electron chi connectivity index (χ4n) is 2.63. The Hall–Kier alpha value is -2.01. The van der Waals surface area contributed by atoms with Gasteiger partial charge in [-0.15, -0.1) is 0 Å². The number of halogens is 1. The first kappa shape index (κ1) is 15.9. The summed E-state index contributed by atoms with van der Waals surface area (Å²) in [7, 11) is 1.63. The first-order chi connectivity index (χ1) is 11.2. The Balaban J connectivity index is 1.63. The lowest BCUT2D eigenvalue weighted by molar-refractivity contribution is -0.126. The molecule has 2 aromatic rings. The molecule has 1 aliphatic heterocycles. The van der Waals surface area contributed by atoms with Gasteiger partial charge in [-0.05, 0) is 41.8 Å². The van der Waals surface area contributed by atoms with E-state index in [9.17, 15) is 4.79 Å². The Kier molecular flexibility index (Phi) is 4.86. The fourth-order valence-corrected chi connectivity index (χ4v) is 3.06. The third kappa shape index (κ3) is 3.67. The zero-order valence-corrected chi connectivity index (χ0v) is 14.4. The van der Waals surface area contributed by atoms with Crippen LogP contribution in [0.2, 0.25) is 0 Å². The van der Waals surface area contributed by atoms with Crippen LogP contribution in [0.5, 0.6) is 11.5 Å². The topological polar surface area (TPSA) is 47.6 Å². The molecule has 5 heteroatoms. The molecule has 0 aliphatic carbocycles. The summed E-state index contributed by atoms with van der Waals surface area (Å²) in [5, 5.41) is 2.99. The summed E-state index contributed by atoms with van der Waals surface area (Å²) in [6.07, 6.45) is 0.661. The van der Waals surface area contributed by atoms with Crippen LogP contribution >= 0.6 is 15.9 Å². The van der Waals surface area contributed by atoms with Gasteiger partial charge >= 0.3 is 0 Å². The molecule has 23 heavy (non-hydrogen) atoms. The van der Waals surface area contributed by atoms with Crippen LogP contribution in [0.1, 0.15) is 11.1 Å². The predicted octanol–water partition coefficient (Wildman–Crippen LogP) is 3.33. The normalized spacial score (nSPS) is 16.2. The van der Waals surface area contributed by atoms with Crippen LogP contribution in [0.3, 0.4) is 0 Å². The maximum atomic E-state index is 12.4. The van der Waals surface area contributed by atoms with Gasteiger partial charge in [0.1, 0.15) is 18.1 Å². The van der Waals surface area contributed by atoms with E-state index in [4.69, 9.17) is 9.47 Å². The molecule has 3 rings (SSSR count). The standard InChI is InChI=1S/C18H18BrNO3/c1-22-15-6-7-17-13(9-15)8-14(11-23-17)18(21)20-10-12-4-2-3-5-16(12)19/h2-7,9,14H,8,10-11H2,1H3,(H,20,21)/t14-/m1/s1. The molecule has 1 aliphatic rings. The van der Waals surface area contributed by atoms with Gasteiger partial charge in [0.25, 0.3) is 0 Å². The summed E-state index contributed by atoms with van der Waals surface area (Å²) < 4.78 is 11.9. The molecule has 0 saturated heterocycles. The monoisotopic (exact) mass is 375 g/mol. The van der Waals surface area contributed by atoms with E-state index >= 15 is 0 Å². The van der Waals surface area contributed by atoms with Crippen molar-refractivity contribution in [3.8, 4) is 11.5 Å². The molecule has 0 unspecified atom stereocenters. The average molecular weight is 376 g/mol. The van der Waals surface area contributed by atoms with Gasteiger partial charge in [0, 0.05) is 11.0 Å². The van der Waals surface area contributed by atoms with E-state index in [1.807, 2.05) is 42.5 Å². The van der Waals surface area contributed by atoms with Crippen LogP contribution in [-0.2, 0) is 17.8 Å². The minimum Gasteiger partial charge on any atom is -0.497 e. The van der Waals surface area contributed by atoms with Gasteiger partial charge in [-0.2, -0.15) is 0 Å². The Morgan fingerprint density at radius 1 is 1.35 bits per heavy atom. The number of hydrogen-bond donors (Lipinski definition) is 1. The van der Waals surface area contributed by atoms with Crippen molar-refractivity contribution in [1.82, 2.24) is 5.32 Å². The van der Waals surface area contributed by atoms with Crippen LogP contribution in [0.15, 0.2) is 46.9 Å². The average Bonchev–Trinajstić information content (AvgIpc) is 2.59. The van der Waals surface area contributed by atoms with Crippen LogP contribution in [0, 0.1) is 5.92 Å². The third-order valence-electron chi connectivity index (χ3n) is 3.96. The second kappa shape index (κ2) is 7.04. The van der Waals surface area contributed by atoms with Crippen molar-refractivity contribution in [2.24, 2.45) is 5.92 Å². The van der Waals surface area contributed by atoms with Gasteiger partial charge in [0.15, 0.2) is 0 Å². The highest BCUT2D eigenvalue weighted by atomic mass is 79.9. The molecule has 1 heterocycles. The molecular weight excluding hydrogens is 358 g/mol. The Labute approximate surface area is 143 Å². The van der Waals surface area contributed by atoms with Crippen LogP contribution in [0.25, 0.3) is 0 Å². The lowest BCUT2D eigenvalue weighted by Crippen LogP contribution is -2.37. The van der Waals surface area contributed by atoms with E-state index < -0.39 is 0 Å². The number of amides is 1. The Bertz CT molecular complexity index is 717. The second-order valence-electron chi connectivity index (χ2n) is 5.49. The highest BCUT2D eigenvalue weighted by Crippen LogP contribution is 2.30. The number of ether oxygens (including phenoxy) is 2. The summed E-state index contributed by atoms with van der Waals surface area (Å²) in [5.41, 5.74) is 2.07. The van der Waals surface area contributed by atoms with Gasteiger partial charge in [-0.25, -0.2) is 0 Å². The molecule has 2 aromatic carbocycles. The lowest BCUT2D eigenvalue weighted by atomic mass is 9.95. The SMILES string of the molecule is COc1ccc2c(c1)C[C@@H](C(=O)NCc1ccccc1Br)CO2. The largest absolute Gasteiger partial charge is 0.497 e. The van der Waals surface area contributed by atoms with Crippen molar-refractivity contribution in [3.63, 3.8) is 0 Å². The van der Waals surface area contributed by atoms with Gasteiger partial charge in [-0.3, -0.25) is 4.79 Å². The molecule has 0 radical (unpaired) electrons. The number of carbonyl (C=O) groups is 1. The molecular formula is C18H18BrNO3. The van der Waals surface area contributed by atoms with Crippen molar-refractivity contribution in [2.45, 2.75) is 13.0 Å². The number of benzene rings is 2. The summed E-state index contributed by atoms with van der Waals surface area (Å²) in [5.74, 6) is 1.44. The van der Waals surface area contributed by atoms with Gasteiger partial charge < -0.3 is 14.8 Å². The quantitative estimate of drug-likeness (QED) is 0.891. The molecule has 1 atom stereocenters. The molecule has 0 saturated carbocycles. The van der Waals surface area contributed by atoms with Gasteiger partial charge in [0.2, 0.25) is 5.91 Å². The van der Waals surface area contributed by atoms with Gasteiger partial charge in [0.05, 0.1) is 13.0 Å². The smallest absolute Gasteiger partial charge is 0.227 e. The van der Waals surface area contributed by atoms with Crippen molar-refractivity contribution < 1.29 is 14.3 Å². The number of hydrogen-bond acceptors (Lipinski definition) is 3. The minimum absolute atomic E-state index is 0.00854. The molecule has 0 bridgehead atoms. The highest BCUT2D eigenvalue weighted by molar-refractivity contribution is 9.10. The van der Waals surface area contributed by atoms with Crippen molar-refractivity contribution in [3.05, 3.63) is 58.1 Å².